The van der Waals surface area contributed by atoms with Gasteiger partial charge < -0.3 is 33.3 Å². The first-order valence-electron chi connectivity index (χ1n) is 32.6. The summed E-state index contributed by atoms with van der Waals surface area (Å²) in [4.78, 5) is 37.4. The summed E-state index contributed by atoms with van der Waals surface area (Å²) in [6.07, 6.45) is 96.3. The van der Waals surface area contributed by atoms with Crippen molar-refractivity contribution in [2.75, 3.05) is 47.5 Å². The Morgan fingerprint density at radius 1 is 0.353 bits per heavy atom. The van der Waals surface area contributed by atoms with E-state index >= 15 is 0 Å². The van der Waals surface area contributed by atoms with Gasteiger partial charge in [0, 0.05) is 12.8 Å². The maximum atomic E-state index is 12.9. The Morgan fingerprint density at radius 2 is 0.635 bits per heavy atom. The first-order chi connectivity index (χ1) is 41.6. The van der Waals surface area contributed by atoms with Gasteiger partial charge in [-0.1, -0.05) is 247 Å². The second-order valence-electron chi connectivity index (χ2n) is 21.9. The van der Waals surface area contributed by atoms with Crippen molar-refractivity contribution in [2.24, 2.45) is 0 Å². The summed E-state index contributed by atoms with van der Waals surface area (Å²) in [5, 5.41) is 11.8. The smallest absolute Gasteiger partial charge is 0.306 e. The molecule has 0 heterocycles. The molecule has 0 radical (unpaired) electrons. The zero-order valence-electron chi connectivity index (χ0n) is 53.9. The predicted molar refractivity (Wildman–Crippen MR) is 361 cm³/mol. The molecule has 0 amide bonds. The fourth-order valence-electron chi connectivity index (χ4n) is 7.92. The lowest BCUT2D eigenvalue weighted by atomic mass is 10.1. The van der Waals surface area contributed by atoms with E-state index in [2.05, 4.69) is 208 Å². The third kappa shape index (κ3) is 65.5. The molecule has 0 N–H and O–H groups in total. The summed E-state index contributed by atoms with van der Waals surface area (Å²) in [5.74, 6) is -2.36. The number of rotatable bonds is 57. The van der Waals surface area contributed by atoms with Gasteiger partial charge in [-0.3, -0.25) is 9.59 Å². The number of carbonyl (C=O) groups is 3. The molecular weight excluding hydrogens is 1050 g/mol. The predicted octanol–water partition coefficient (Wildman–Crippen LogP) is 18.9. The molecule has 0 aromatic rings. The van der Waals surface area contributed by atoms with Crippen molar-refractivity contribution >= 4 is 17.9 Å². The van der Waals surface area contributed by atoms with Gasteiger partial charge in [0.05, 0.1) is 40.3 Å². The molecule has 2 atom stereocenters. The fourth-order valence-corrected chi connectivity index (χ4v) is 7.92. The number of esters is 2. The maximum absolute atomic E-state index is 12.9. The number of carbonyl (C=O) groups excluding carboxylic acids is 3. The molecule has 85 heavy (non-hydrogen) atoms. The lowest BCUT2D eigenvalue weighted by Crippen LogP contribution is -2.44. The van der Waals surface area contributed by atoms with Crippen LogP contribution in [0.3, 0.4) is 0 Å². The van der Waals surface area contributed by atoms with Crippen molar-refractivity contribution in [3.05, 3.63) is 194 Å². The van der Waals surface area contributed by atoms with Crippen LogP contribution in [0.1, 0.15) is 206 Å². The van der Waals surface area contributed by atoms with Crippen LogP contribution in [-0.4, -0.2) is 82.3 Å². The number of ether oxygens (including phenoxy) is 4. The Hall–Kier alpha value is -5.87. The number of unbranched alkanes of at least 4 members (excludes halogenated alkanes) is 10. The van der Waals surface area contributed by atoms with Crippen LogP contribution in [0, 0.1) is 0 Å². The van der Waals surface area contributed by atoms with E-state index in [4.69, 9.17) is 18.9 Å². The standard InChI is InChI=1S/C76H117NO8/c1-6-8-10-12-14-16-18-20-22-24-26-28-30-32-34-35-36-37-38-39-41-43-45-47-49-51-53-55-57-59-61-63-65-67-74(79)85-72(71-84-76(75(80)81)82-69-68-77(3,4)5)70-83-73(78)66-64-62-60-58-56-54-52-50-48-46-44-42-40-33-31-29-27-25-23-21-19-17-15-13-11-9-7-2/h8-11,14-17,20-23,26-29,32-34,36-37,39-41,44-47,50-53,72,76H,6-7,12-13,18-19,24-25,30-31,35,38,42-43,48-49,54-71H2,1-5H3/b10-8-,11-9-,16-14-,17-15-,22-20-,23-21-,28-26-,29-27-,34-32-,37-36-,40-33-,41-39-,46-44-,47-45-,52-50-,53-51-. The number of quaternary nitrogens is 1. The zero-order chi connectivity index (χ0) is 61.9. The number of carboxylic acids is 1. The fraction of sp³-hybridized carbons (Fsp3) is 0.539. The van der Waals surface area contributed by atoms with Crippen LogP contribution < -0.4 is 5.11 Å². The average Bonchev–Trinajstić information content (AvgIpc) is 3.49. The molecule has 0 aromatic heterocycles. The Balaban J connectivity index is 4.35. The quantitative estimate of drug-likeness (QED) is 0.0195. The van der Waals surface area contributed by atoms with Crippen LogP contribution in [-0.2, 0) is 33.3 Å². The monoisotopic (exact) mass is 1170 g/mol. The van der Waals surface area contributed by atoms with Gasteiger partial charge in [-0.25, -0.2) is 0 Å². The third-order valence-corrected chi connectivity index (χ3v) is 12.8. The largest absolute Gasteiger partial charge is 0.545 e. The Bertz CT molecular complexity index is 2090. The molecule has 0 saturated heterocycles. The summed E-state index contributed by atoms with van der Waals surface area (Å²) in [6, 6.07) is 0. The molecule has 0 spiro atoms. The van der Waals surface area contributed by atoms with Gasteiger partial charge in [-0.15, -0.1) is 0 Å². The van der Waals surface area contributed by atoms with Crippen LogP contribution in [0.4, 0.5) is 0 Å². The van der Waals surface area contributed by atoms with Gasteiger partial charge >= 0.3 is 11.9 Å². The highest BCUT2D eigenvalue weighted by molar-refractivity contribution is 5.70. The van der Waals surface area contributed by atoms with Gasteiger partial charge in [0.2, 0.25) is 0 Å². The first kappa shape index (κ1) is 79.1. The molecule has 0 aliphatic heterocycles. The molecule has 0 bridgehead atoms. The Kier molecular flexibility index (Phi) is 59.7. The van der Waals surface area contributed by atoms with Crippen LogP contribution >= 0.6 is 0 Å². The number of aliphatic carboxylic acids is 1. The summed E-state index contributed by atoms with van der Waals surface area (Å²) >= 11 is 0. The van der Waals surface area contributed by atoms with Gasteiger partial charge in [-0.2, -0.15) is 0 Å². The zero-order valence-corrected chi connectivity index (χ0v) is 53.9. The average molecular weight is 1170 g/mol. The minimum absolute atomic E-state index is 0.128. The number of hydrogen-bond acceptors (Lipinski definition) is 8. The van der Waals surface area contributed by atoms with Crippen molar-refractivity contribution in [2.45, 2.75) is 219 Å². The summed E-state index contributed by atoms with van der Waals surface area (Å²) in [5.41, 5.74) is 0. The molecule has 0 aliphatic carbocycles. The Labute approximate surface area is 519 Å². The van der Waals surface area contributed by atoms with E-state index in [1.807, 2.05) is 21.1 Å². The highest BCUT2D eigenvalue weighted by atomic mass is 16.7. The molecule has 9 nitrogen and oxygen atoms in total. The Morgan fingerprint density at radius 3 is 0.941 bits per heavy atom. The third-order valence-electron chi connectivity index (χ3n) is 12.8. The van der Waals surface area contributed by atoms with Gasteiger partial charge in [0.1, 0.15) is 13.2 Å². The number of hydrogen-bond donors (Lipinski definition) is 0. The minimum atomic E-state index is -1.65. The molecule has 9 heteroatoms. The normalized spacial score (nSPS) is 14.0. The maximum Gasteiger partial charge on any atom is 0.306 e. The SMILES string of the molecule is CC/C=C\C/C=C\C/C=C\C/C=C\C/C=C\C/C=C\C/C=C\C/C=C\C/C=C\CCCCCCCC(=O)OC(COC(=O)CCCCCCC/C=C\C/C=C\C/C=C\C/C=C\C/C=C\C/C=C\C/C=C\CC)COC(OCC[N+](C)(C)C)C(=O)[O-]. The van der Waals surface area contributed by atoms with E-state index in [1.165, 1.54) is 0 Å². The molecule has 0 saturated carbocycles. The molecule has 0 fully saturated rings. The van der Waals surface area contributed by atoms with E-state index in [9.17, 15) is 19.5 Å². The highest BCUT2D eigenvalue weighted by Crippen LogP contribution is 2.13. The molecule has 2 unspecified atom stereocenters. The topological polar surface area (TPSA) is 111 Å². The molecule has 0 aromatic carbocycles. The van der Waals surface area contributed by atoms with Crippen LogP contribution in [0.2, 0.25) is 0 Å². The lowest BCUT2D eigenvalue weighted by Gasteiger charge is -2.26. The second kappa shape index (κ2) is 64.1. The van der Waals surface area contributed by atoms with Crippen LogP contribution in [0.15, 0.2) is 194 Å². The van der Waals surface area contributed by atoms with Crippen LogP contribution in [0.25, 0.3) is 0 Å². The van der Waals surface area contributed by atoms with Crippen molar-refractivity contribution in [1.29, 1.82) is 0 Å². The highest BCUT2D eigenvalue weighted by Gasteiger charge is 2.22. The molecule has 0 aliphatic rings. The van der Waals surface area contributed by atoms with Crippen LogP contribution in [0.5, 0.6) is 0 Å². The number of nitrogens with zero attached hydrogens (tertiary/aromatic N) is 1. The van der Waals surface area contributed by atoms with Crippen molar-refractivity contribution in [3.8, 4) is 0 Å². The van der Waals surface area contributed by atoms with E-state index in [-0.39, 0.29) is 32.7 Å². The number of likely N-dealkylation sites (N-methyl/N-ethyl adjacent to an activating group) is 1. The summed E-state index contributed by atoms with van der Waals surface area (Å²) in [6.45, 7) is 4.44. The summed E-state index contributed by atoms with van der Waals surface area (Å²) < 4.78 is 22.7. The number of allylic oxidation sites excluding steroid dienone is 32. The van der Waals surface area contributed by atoms with E-state index in [1.54, 1.807) is 0 Å². The van der Waals surface area contributed by atoms with Gasteiger partial charge in [-0.05, 0) is 141 Å². The van der Waals surface area contributed by atoms with Crippen molar-refractivity contribution in [1.82, 2.24) is 0 Å². The minimum Gasteiger partial charge on any atom is -0.545 e. The molecule has 474 valence electrons. The van der Waals surface area contributed by atoms with Crippen molar-refractivity contribution in [3.63, 3.8) is 0 Å². The van der Waals surface area contributed by atoms with E-state index < -0.39 is 30.3 Å². The summed E-state index contributed by atoms with van der Waals surface area (Å²) in [7, 11) is 5.89. The molecular formula is C76H117NO8. The van der Waals surface area contributed by atoms with Gasteiger partial charge in [0.25, 0.3) is 0 Å². The van der Waals surface area contributed by atoms with Gasteiger partial charge in [0.15, 0.2) is 12.4 Å². The lowest BCUT2D eigenvalue weighted by molar-refractivity contribution is -0.870. The second-order valence-corrected chi connectivity index (χ2v) is 21.9. The van der Waals surface area contributed by atoms with E-state index in [0.29, 0.717) is 23.9 Å². The van der Waals surface area contributed by atoms with E-state index in [0.717, 1.165) is 167 Å². The molecule has 0 rings (SSSR count). The number of carboxylic acid groups (broad SMARTS) is 1. The first-order valence-corrected chi connectivity index (χ1v) is 32.6. The van der Waals surface area contributed by atoms with Crippen molar-refractivity contribution < 1.29 is 42.9 Å².